The highest BCUT2D eigenvalue weighted by atomic mass is 35.5. The van der Waals surface area contributed by atoms with Crippen LogP contribution in [0.5, 0.6) is 11.5 Å². The van der Waals surface area contributed by atoms with Crippen molar-refractivity contribution in [1.29, 1.82) is 0 Å². The lowest BCUT2D eigenvalue weighted by atomic mass is 10.1. The van der Waals surface area contributed by atoms with Crippen LogP contribution in [0.3, 0.4) is 0 Å². The summed E-state index contributed by atoms with van der Waals surface area (Å²) >= 11 is 0. The highest BCUT2D eigenvalue weighted by Crippen LogP contribution is 2.31. The lowest BCUT2D eigenvalue weighted by Gasteiger charge is -2.24. The van der Waals surface area contributed by atoms with Gasteiger partial charge in [-0.1, -0.05) is 0 Å². The summed E-state index contributed by atoms with van der Waals surface area (Å²) in [5.41, 5.74) is 6.15. The molecule has 0 aliphatic carbocycles. The van der Waals surface area contributed by atoms with Crippen molar-refractivity contribution in [3.05, 3.63) is 23.8 Å². The summed E-state index contributed by atoms with van der Waals surface area (Å²) < 4.78 is 10.9. The van der Waals surface area contributed by atoms with Crippen LogP contribution in [0.4, 0.5) is 0 Å². The van der Waals surface area contributed by atoms with Gasteiger partial charge in [-0.05, 0) is 25.1 Å². The van der Waals surface area contributed by atoms with Gasteiger partial charge in [0.2, 0.25) is 0 Å². The molecule has 0 fully saturated rings. The van der Waals surface area contributed by atoms with E-state index in [1.54, 1.807) is 30.1 Å². The van der Waals surface area contributed by atoms with Crippen LogP contribution in [-0.2, 0) is 0 Å². The van der Waals surface area contributed by atoms with Crippen LogP contribution < -0.4 is 15.2 Å². The molecule has 5 nitrogen and oxygen atoms in total. The second kappa shape index (κ2) is 6.63. The molecule has 0 saturated carbocycles. The van der Waals surface area contributed by atoms with Crippen LogP contribution in [0.1, 0.15) is 17.3 Å². The molecule has 0 saturated heterocycles. The number of benzene rings is 1. The summed E-state index contributed by atoms with van der Waals surface area (Å²) in [6.45, 7) is 3.41. The largest absolute Gasteiger partial charge is 0.486 e. The Bertz CT molecular complexity index is 454. The van der Waals surface area contributed by atoms with E-state index in [0.717, 1.165) is 0 Å². The summed E-state index contributed by atoms with van der Waals surface area (Å²) in [6.07, 6.45) is 0. The van der Waals surface area contributed by atoms with Crippen molar-refractivity contribution < 1.29 is 14.3 Å². The predicted octanol–water partition coefficient (Wildman–Crippen LogP) is 1.30. The Morgan fingerprint density at radius 1 is 1.37 bits per heavy atom. The third kappa shape index (κ3) is 3.30. The van der Waals surface area contributed by atoms with Gasteiger partial charge < -0.3 is 20.1 Å². The van der Waals surface area contributed by atoms with Gasteiger partial charge in [-0.25, -0.2) is 0 Å². The first-order valence-corrected chi connectivity index (χ1v) is 6.00. The lowest BCUT2D eigenvalue weighted by Crippen LogP contribution is -2.39. The summed E-state index contributed by atoms with van der Waals surface area (Å²) in [5, 5.41) is 0. The number of nitrogens with two attached hydrogens (primary N) is 1. The standard InChI is InChI=1S/C13H18N2O3.ClH/c1-9(8-14)15(2)13(16)10-3-4-11-12(7-10)18-6-5-17-11;/h3-4,7,9H,5-6,8,14H2,1-2H3;1H. The molecule has 6 heteroatoms. The van der Waals surface area contributed by atoms with E-state index < -0.39 is 0 Å². The maximum Gasteiger partial charge on any atom is 0.254 e. The molecule has 1 heterocycles. The number of likely N-dealkylation sites (N-methyl/N-ethyl adjacent to an activating group) is 1. The fourth-order valence-electron chi connectivity index (χ4n) is 1.74. The minimum absolute atomic E-state index is 0. The first-order valence-electron chi connectivity index (χ1n) is 6.00. The molecule has 106 valence electrons. The van der Waals surface area contributed by atoms with E-state index in [0.29, 0.717) is 36.8 Å². The molecule has 0 spiro atoms. The molecule has 0 aromatic heterocycles. The van der Waals surface area contributed by atoms with Gasteiger partial charge in [0.15, 0.2) is 11.5 Å². The molecule has 0 radical (unpaired) electrons. The zero-order valence-electron chi connectivity index (χ0n) is 11.1. The lowest BCUT2D eigenvalue weighted by molar-refractivity contribution is 0.0747. The van der Waals surface area contributed by atoms with E-state index in [9.17, 15) is 4.79 Å². The van der Waals surface area contributed by atoms with Gasteiger partial charge in [-0.3, -0.25) is 4.79 Å². The normalized spacial score (nSPS) is 14.3. The van der Waals surface area contributed by atoms with Crippen molar-refractivity contribution in [2.75, 3.05) is 26.8 Å². The molecule has 1 atom stereocenters. The molecule has 19 heavy (non-hydrogen) atoms. The second-order valence-electron chi connectivity index (χ2n) is 4.36. The monoisotopic (exact) mass is 286 g/mol. The molecule has 2 N–H and O–H groups in total. The number of carbonyl (C=O) groups excluding carboxylic acids is 1. The molecule has 0 bridgehead atoms. The highest BCUT2D eigenvalue weighted by Gasteiger charge is 2.19. The Labute approximate surface area is 119 Å². The van der Waals surface area contributed by atoms with E-state index in [-0.39, 0.29) is 24.4 Å². The quantitative estimate of drug-likeness (QED) is 0.910. The molecule has 2 rings (SSSR count). The molecular weight excluding hydrogens is 268 g/mol. The number of halogens is 1. The number of hydrogen-bond donors (Lipinski definition) is 1. The molecule has 1 aliphatic rings. The van der Waals surface area contributed by atoms with E-state index in [1.165, 1.54) is 0 Å². The number of hydrogen-bond acceptors (Lipinski definition) is 4. The average molecular weight is 287 g/mol. The summed E-state index contributed by atoms with van der Waals surface area (Å²) in [4.78, 5) is 13.8. The molecule has 1 unspecified atom stereocenters. The summed E-state index contributed by atoms with van der Waals surface area (Å²) in [5.74, 6) is 1.25. The van der Waals surface area contributed by atoms with Crippen molar-refractivity contribution >= 4 is 18.3 Å². The van der Waals surface area contributed by atoms with Crippen molar-refractivity contribution in [2.45, 2.75) is 13.0 Å². The van der Waals surface area contributed by atoms with Gasteiger partial charge in [0.05, 0.1) is 0 Å². The molecule has 1 aliphatic heterocycles. The third-order valence-corrected chi connectivity index (χ3v) is 3.11. The Kier molecular flexibility index (Phi) is 5.44. The Balaban J connectivity index is 0.00000180. The van der Waals surface area contributed by atoms with Gasteiger partial charge in [0.1, 0.15) is 13.2 Å². The number of fused-ring (bicyclic) bond motifs is 1. The van der Waals surface area contributed by atoms with Crippen LogP contribution >= 0.6 is 12.4 Å². The predicted molar refractivity (Wildman–Crippen MR) is 75.3 cm³/mol. The van der Waals surface area contributed by atoms with Gasteiger partial charge in [-0.2, -0.15) is 0 Å². The number of amides is 1. The smallest absolute Gasteiger partial charge is 0.254 e. The molecular formula is C13H19ClN2O3. The number of rotatable bonds is 3. The van der Waals surface area contributed by atoms with Crippen molar-refractivity contribution in [2.24, 2.45) is 5.73 Å². The minimum atomic E-state index is -0.0649. The maximum atomic E-state index is 12.2. The maximum absolute atomic E-state index is 12.2. The van der Waals surface area contributed by atoms with E-state index in [1.807, 2.05) is 6.92 Å². The molecule has 1 amide bonds. The topological polar surface area (TPSA) is 64.8 Å². The summed E-state index contributed by atoms with van der Waals surface area (Å²) in [7, 11) is 1.75. The Hall–Kier alpha value is -1.46. The fourth-order valence-corrected chi connectivity index (χ4v) is 1.74. The fraction of sp³-hybridized carbons (Fsp3) is 0.462. The van der Waals surface area contributed by atoms with Gasteiger partial charge in [0, 0.05) is 25.2 Å². The van der Waals surface area contributed by atoms with Crippen molar-refractivity contribution in [3.63, 3.8) is 0 Å². The van der Waals surface area contributed by atoms with Crippen LogP contribution in [0.15, 0.2) is 18.2 Å². The van der Waals surface area contributed by atoms with Crippen LogP contribution in [0.2, 0.25) is 0 Å². The number of carbonyl (C=O) groups is 1. The van der Waals surface area contributed by atoms with E-state index >= 15 is 0 Å². The Morgan fingerprint density at radius 2 is 2.00 bits per heavy atom. The first kappa shape index (κ1) is 15.6. The third-order valence-electron chi connectivity index (χ3n) is 3.11. The van der Waals surface area contributed by atoms with E-state index in [4.69, 9.17) is 15.2 Å². The average Bonchev–Trinajstić information content (AvgIpc) is 2.44. The highest BCUT2D eigenvalue weighted by molar-refractivity contribution is 5.95. The van der Waals surface area contributed by atoms with Gasteiger partial charge in [0.25, 0.3) is 5.91 Å². The minimum Gasteiger partial charge on any atom is -0.486 e. The second-order valence-corrected chi connectivity index (χ2v) is 4.36. The number of ether oxygens (including phenoxy) is 2. The van der Waals surface area contributed by atoms with Crippen LogP contribution in [-0.4, -0.2) is 43.7 Å². The zero-order valence-corrected chi connectivity index (χ0v) is 11.9. The Morgan fingerprint density at radius 3 is 2.63 bits per heavy atom. The SMILES string of the molecule is CC(CN)N(C)C(=O)c1ccc2c(c1)OCCO2.Cl. The van der Waals surface area contributed by atoms with Crippen molar-refractivity contribution in [3.8, 4) is 11.5 Å². The van der Waals surface area contributed by atoms with Gasteiger partial charge >= 0.3 is 0 Å². The van der Waals surface area contributed by atoms with E-state index in [2.05, 4.69) is 0 Å². The first-order chi connectivity index (χ1) is 8.63. The van der Waals surface area contributed by atoms with Crippen LogP contribution in [0, 0.1) is 0 Å². The van der Waals surface area contributed by atoms with Crippen LogP contribution in [0.25, 0.3) is 0 Å². The molecule has 1 aromatic rings. The zero-order chi connectivity index (χ0) is 13.1. The van der Waals surface area contributed by atoms with Gasteiger partial charge in [-0.15, -0.1) is 12.4 Å². The molecule has 1 aromatic carbocycles. The summed E-state index contributed by atoms with van der Waals surface area (Å²) in [6, 6.07) is 5.24. The van der Waals surface area contributed by atoms with Crippen molar-refractivity contribution in [1.82, 2.24) is 4.90 Å². The number of nitrogens with zero attached hydrogens (tertiary/aromatic N) is 1.